The monoisotopic (exact) mass is 585 g/mol. The van der Waals surface area contributed by atoms with Crippen LogP contribution in [-0.2, 0) is 20.9 Å². The highest BCUT2D eigenvalue weighted by Crippen LogP contribution is 2.33. The van der Waals surface area contributed by atoms with E-state index in [0.717, 1.165) is 18.5 Å². The van der Waals surface area contributed by atoms with Crippen LogP contribution in [0, 0.1) is 7.14 Å². The lowest BCUT2D eigenvalue weighted by Gasteiger charge is -2.12. The van der Waals surface area contributed by atoms with Gasteiger partial charge in [-0.3, -0.25) is 9.52 Å². The number of phenolic OH excluding ortho intramolecular Hbond substituents is 1. The number of amides is 1. The summed E-state index contributed by atoms with van der Waals surface area (Å²) >= 11 is 4.38. The van der Waals surface area contributed by atoms with E-state index >= 15 is 0 Å². The number of aromatic hydroxyl groups is 1. The number of hydrogen-bond donors (Lipinski definition) is 2. The third-order valence-corrected chi connectivity index (χ3v) is 5.35. The predicted molar refractivity (Wildman–Crippen MR) is 118 cm³/mol. The van der Waals surface area contributed by atoms with Gasteiger partial charge in [0.1, 0.15) is 11.5 Å². The molecule has 5 nitrogen and oxygen atoms in total. The van der Waals surface area contributed by atoms with Gasteiger partial charge in [0, 0.05) is 22.4 Å². The molecule has 1 atom stereocenters. The van der Waals surface area contributed by atoms with Gasteiger partial charge in [0.05, 0.1) is 7.14 Å². The Morgan fingerprint density at radius 2 is 1.80 bits per heavy atom. The molecule has 2 N–H and O–H groups in total. The highest BCUT2D eigenvalue weighted by Gasteiger charge is 2.12. The Labute approximate surface area is 174 Å². The van der Waals surface area contributed by atoms with Crippen LogP contribution in [0.15, 0.2) is 36.4 Å². The van der Waals surface area contributed by atoms with E-state index in [1.807, 2.05) is 12.1 Å². The topological polar surface area (TPSA) is 75.6 Å². The summed E-state index contributed by atoms with van der Waals surface area (Å²) in [5.41, 5.74) is 0.994. The molecular weight excluding hydrogens is 568 g/mol. The first-order chi connectivity index (χ1) is 11.6. The van der Waals surface area contributed by atoms with E-state index in [1.54, 1.807) is 24.3 Å². The van der Waals surface area contributed by atoms with Gasteiger partial charge >= 0.3 is 0 Å². The predicted octanol–water partition coefficient (Wildman–Crippen LogP) is 3.70. The smallest absolute Gasteiger partial charge is 0.231 e. The Kier molecular flexibility index (Phi) is 6.97. The van der Waals surface area contributed by atoms with Gasteiger partial charge in [-0.2, -0.15) is 0 Å². The van der Waals surface area contributed by atoms with Crippen molar-refractivity contribution in [2.45, 2.75) is 12.8 Å². The molecule has 0 aliphatic heterocycles. The number of aryl methyl sites for hydroxylation is 1. The minimum atomic E-state index is -2.53. The Balaban J connectivity index is 2.09. The molecule has 2 rings (SSSR count). The van der Waals surface area contributed by atoms with Crippen LogP contribution in [0.2, 0.25) is 0 Å². The van der Waals surface area contributed by atoms with Gasteiger partial charge in [-0.05, 0) is 99.4 Å². The van der Waals surface area contributed by atoms with Crippen LogP contribution in [0.1, 0.15) is 12.0 Å². The highest BCUT2D eigenvalue weighted by atomic mass is 127. The first-order valence-electron chi connectivity index (χ1n) is 7.21. The van der Waals surface area contributed by atoms with E-state index in [1.165, 1.54) is 6.26 Å². The van der Waals surface area contributed by atoms with Crippen molar-refractivity contribution in [3.05, 3.63) is 49.1 Å². The summed E-state index contributed by atoms with van der Waals surface area (Å²) in [5.74, 6) is 4.68. The number of carbonyl (C=O) groups excluding carboxylic acids is 1. The Hall–Kier alpha value is -1.01. The van der Waals surface area contributed by atoms with E-state index in [9.17, 15) is 14.1 Å². The maximum absolute atomic E-state index is 11.8. The van der Waals surface area contributed by atoms with Gasteiger partial charge in [0.25, 0.3) is 0 Å². The minimum absolute atomic E-state index is 0.184. The maximum Gasteiger partial charge on any atom is 0.231 e. The van der Waals surface area contributed by atoms with Crippen molar-refractivity contribution in [1.29, 1.82) is 0 Å². The largest absolute Gasteiger partial charge is 0.508 e. The summed E-state index contributed by atoms with van der Waals surface area (Å²) in [4.78, 5) is 11.8. The summed E-state index contributed by atoms with van der Waals surface area (Å²) in [6.45, 7) is 0. The molecule has 0 heterocycles. The standard InChI is InChI=1S/C17H17I2NO4S/c1-25(2,23)20-16(22)8-3-11-9-14(18)17(15(19)10-11)24-13-6-4-12(21)5-7-13/h4-7,9-10,21H,1,3,8H2,2H3,(H,20,22,23). The molecule has 8 heteroatoms. The summed E-state index contributed by atoms with van der Waals surface area (Å²) in [6.07, 6.45) is 2.17. The molecule has 0 saturated heterocycles. The Morgan fingerprint density at radius 3 is 2.32 bits per heavy atom. The van der Waals surface area contributed by atoms with Crippen molar-refractivity contribution in [2.24, 2.45) is 0 Å². The van der Waals surface area contributed by atoms with E-state index in [4.69, 9.17) is 4.74 Å². The minimum Gasteiger partial charge on any atom is -0.508 e. The highest BCUT2D eigenvalue weighted by molar-refractivity contribution is 14.1. The first kappa shape index (κ1) is 20.3. The number of benzene rings is 2. The zero-order valence-corrected chi connectivity index (χ0v) is 18.6. The number of hydrogen-bond acceptors (Lipinski definition) is 4. The van der Waals surface area contributed by atoms with Gasteiger partial charge in [0.15, 0.2) is 5.75 Å². The Bertz CT molecular complexity index is 857. The molecular formula is C17H17I2NO4S. The molecule has 0 aromatic heterocycles. The lowest BCUT2D eigenvalue weighted by atomic mass is 10.1. The number of rotatable bonds is 6. The molecule has 0 spiro atoms. The first-order valence-corrected chi connectivity index (χ1v) is 11.5. The van der Waals surface area contributed by atoms with Crippen LogP contribution in [0.5, 0.6) is 17.2 Å². The van der Waals surface area contributed by atoms with Gasteiger partial charge in [-0.1, -0.05) is 0 Å². The molecule has 0 saturated carbocycles. The normalized spacial score (nSPS) is 13.1. The number of carbonyl (C=O) groups is 1. The van der Waals surface area contributed by atoms with Crippen LogP contribution in [-0.4, -0.2) is 27.3 Å². The number of ether oxygens (including phenoxy) is 1. The van der Waals surface area contributed by atoms with Crippen molar-refractivity contribution in [1.82, 2.24) is 4.72 Å². The molecule has 2 aromatic rings. The van der Waals surface area contributed by atoms with Crippen molar-refractivity contribution in [2.75, 3.05) is 6.26 Å². The van der Waals surface area contributed by atoms with Crippen molar-refractivity contribution in [3.8, 4) is 17.2 Å². The molecule has 0 aliphatic carbocycles. The van der Waals surface area contributed by atoms with Crippen molar-refractivity contribution < 1.29 is 18.8 Å². The fourth-order valence-electron chi connectivity index (χ4n) is 2.04. The Morgan fingerprint density at radius 1 is 1.24 bits per heavy atom. The second-order valence-electron chi connectivity index (χ2n) is 5.51. The third kappa shape index (κ3) is 6.66. The van der Waals surface area contributed by atoms with E-state index < -0.39 is 9.71 Å². The van der Waals surface area contributed by atoms with E-state index in [-0.39, 0.29) is 18.1 Å². The second kappa shape index (κ2) is 8.58. The molecule has 0 fully saturated rings. The molecule has 1 amide bonds. The molecule has 25 heavy (non-hydrogen) atoms. The molecule has 2 aromatic carbocycles. The zero-order valence-electron chi connectivity index (χ0n) is 13.4. The van der Waals surface area contributed by atoms with Gasteiger partial charge in [-0.15, -0.1) is 0 Å². The molecule has 134 valence electrons. The van der Waals surface area contributed by atoms with Gasteiger partial charge in [0.2, 0.25) is 5.91 Å². The molecule has 1 unspecified atom stereocenters. The zero-order chi connectivity index (χ0) is 18.6. The van der Waals surface area contributed by atoms with Crippen LogP contribution in [0.3, 0.4) is 0 Å². The van der Waals surface area contributed by atoms with E-state index in [0.29, 0.717) is 12.2 Å². The summed E-state index contributed by atoms with van der Waals surface area (Å²) < 4.78 is 21.6. The fraction of sp³-hybridized carbons (Fsp3) is 0.176. The number of nitrogens with one attached hydrogen (secondary N) is 1. The number of phenols is 1. The lowest BCUT2D eigenvalue weighted by molar-refractivity contribution is -0.119. The quantitative estimate of drug-likeness (QED) is 0.401. The van der Waals surface area contributed by atoms with Crippen LogP contribution < -0.4 is 9.46 Å². The summed E-state index contributed by atoms with van der Waals surface area (Å²) in [5, 5.41) is 9.33. The molecule has 0 aliphatic rings. The fourth-order valence-corrected chi connectivity index (χ4v) is 4.74. The number of halogens is 2. The van der Waals surface area contributed by atoms with Gasteiger partial charge < -0.3 is 9.84 Å². The van der Waals surface area contributed by atoms with Crippen LogP contribution in [0.25, 0.3) is 0 Å². The summed E-state index contributed by atoms with van der Waals surface area (Å²) in [7, 11) is -2.53. The average Bonchev–Trinajstić information content (AvgIpc) is 2.49. The molecule has 0 bridgehead atoms. The summed E-state index contributed by atoms with van der Waals surface area (Å²) in [6, 6.07) is 10.4. The van der Waals surface area contributed by atoms with Crippen molar-refractivity contribution >= 4 is 66.7 Å². The van der Waals surface area contributed by atoms with Crippen molar-refractivity contribution in [3.63, 3.8) is 0 Å². The SMILES string of the molecule is C=S(C)(=O)NC(=O)CCc1cc(I)c(Oc2ccc(O)cc2)c(I)c1. The van der Waals surface area contributed by atoms with Crippen LogP contribution >= 0.6 is 45.2 Å². The van der Waals surface area contributed by atoms with E-state index in [2.05, 4.69) is 55.8 Å². The molecule has 0 radical (unpaired) electrons. The second-order valence-corrected chi connectivity index (χ2v) is 10.1. The maximum atomic E-state index is 11.8. The van der Waals surface area contributed by atoms with Crippen LogP contribution in [0.4, 0.5) is 0 Å². The average molecular weight is 585 g/mol. The third-order valence-electron chi connectivity index (χ3n) is 3.09. The lowest BCUT2D eigenvalue weighted by Crippen LogP contribution is -2.29. The van der Waals surface area contributed by atoms with Gasteiger partial charge in [-0.25, -0.2) is 4.21 Å².